The zero-order valence-corrected chi connectivity index (χ0v) is 18.6. The van der Waals surface area contributed by atoms with Crippen LogP contribution in [0.3, 0.4) is 0 Å². The summed E-state index contributed by atoms with van der Waals surface area (Å²) in [7, 11) is 0. The Morgan fingerprint density at radius 2 is 1.64 bits per heavy atom. The number of hydrogen-bond acceptors (Lipinski definition) is 5. The zero-order chi connectivity index (χ0) is 22.9. The van der Waals surface area contributed by atoms with Crippen LogP contribution in [0.2, 0.25) is 0 Å². The van der Waals surface area contributed by atoms with Crippen molar-refractivity contribution in [2.24, 2.45) is 5.92 Å². The second kappa shape index (κ2) is 11.3. The molecule has 1 amide bonds. The Kier molecular flexibility index (Phi) is 7.68. The number of anilines is 1. The van der Waals surface area contributed by atoms with Crippen molar-refractivity contribution in [1.29, 1.82) is 5.26 Å². The van der Waals surface area contributed by atoms with E-state index in [1.165, 1.54) is 0 Å². The van der Waals surface area contributed by atoms with Gasteiger partial charge in [-0.15, -0.1) is 0 Å². The second-order valence-electron chi connectivity index (χ2n) is 8.29. The van der Waals surface area contributed by atoms with Gasteiger partial charge in [0.25, 0.3) is 0 Å². The van der Waals surface area contributed by atoms with E-state index in [1.807, 2.05) is 36.4 Å². The number of hydrogen-bond donors (Lipinski definition) is 1. The van der Waals surface area contributed by atoms with Gasteiger partial charge in [0.1, 0.15) is 11.9 Å². The Labute approximate surface area is 194 Å². The summed E-state index contributed by atoms with van der Waals surface area (Å²) in [5, 5.41) is 12.0. The molecular formula is C27H28N4O2. The highest BCUT2D eigenvalue weighted by atomic mass is 16.5. The van der Waals surface area contributed by atoms with Crippen molar-refractivity contribution in [2.45, 2.75) is 32.6 Å². The summed E-state index contributed by atoms with van der Waals surface area (Å²) in [5.41, 5.74) is 3.91. The number of carbonyl (C=O) groups is 1. The molecule has 1 aliphatic heterocycles. The normalized spacial score (nSPS) is 14.0. The van der Waals surface area contributed by atoms with Crippen molar-refractivity contribution >= 4 is 11.7 Å². The lowest BCUT2D eigenvalue weighted by molar-refractivity contribution is -0.125. The second-order valence-corrected chi connectivity index (χ2v) is 8.29. The Balaban J connectivity index is 1.18. The minimum absolute atomic E-state index is 0.0188. The van der Waals surface area contributed by atoms with Crippen LogP contribution >= 0.6 is 0 Å². The fourth-order valence-electron chi connectivity index (χ4n) is 3.96. The number of nitriles is 1. The molecule has 0 spiro atoms. The first-order chi connectivity index (χ1) is 16.2. The van der Waals surface area contributed by atoms with Gasteiger partial charge in [-0.05, 0) is 41.7 Å². The topological polar surface area (TPSA) is 78.2 Å². The van der Waals surface area contributed by atoms with E-state index in [-0.39, 0.29) is 11.8 Å². The Morgan fingerprint density at radius 1 is 0.970 bits per heavy atom. The number of nitrogens with one attached hydrogen (secondary N) is 1. The first-order valence-corrected chi connectivity index (χ1v) is 11.3. The van der Waals surface area contributed by atoms with Crippen LogP contribution in [0.5, 0.6) is 0 Å². The molecule has 6 nitrogen and oxygen atoms in total. The van der Waals surface area contributed by atoms with E-state index in [2.05, 4.69) is 45.5 Å². The molecule has 1 N–H and O–H groups in total. The zero-order valence-electron chi connectivity index (χ0n) is 18.6. The van der Waals surface area contributed by atoms with Gasteiger partial charge in [0.15, 0.2) is 0 Å². The van der Waals surface area contributed by atoms with E-state index >= 15 is 0 Å². The fourth-order valence-corrected chi connectivity index (χ4v) is 3.96. The number of ether oxygens (including phenoxy) is 1. The summed E-state index contributed by atoms with van der Waals surface area (Å²) in [6, 6.07) is 24.1. The van der Waals surface area contributed by atoms with Crippen molar-refractivity contribution in [3.63, 3.8) is 0 Å². The molecule has 6 heteroatoms. The molecular weight excluding hydrogens is 412 g/mol. The molecule has 1 fully saturated rings. The van der Waals surface area contributed by atoms with Crippen LogP contribution in [-0.2, 0) is 29.3 Å². The van der Waals surface area contributed by atoms with Crippen LogP contribution in [0.1, 0.15) is 35.1 Å². The van der Waals surface area contributed by atoms with E-state index in [1.54, 1.807) is 12.3 Å². The van der Waals surface area contributed by atoms with E-state index in [9.17, 15) is 4.79 Å². The third kappa shape index (κ3) is 6.41. The standard InChI is InChI=1S/C27H28N4O2/c28-16-24-10-11-26(29-18-24)31-14-12-25(13-15-31)27(32)30-17-21-6-8-23(9-7-21)20-33-19-22-4-2-1-3-5-22/h1-11,18,25H,12-15,17,19-20H2,(H,30,32). The van der Waals surface area contributed by atoms with E-state index in [0.717, 1.165) is 48.4 Å². The molecule has 1 aliphatic rings. The number of pyridine rings is 1. The number of aromatic nitrogens is 1. The summed E-state index contributed by atoms with van der Waals surface area (Å²) >= 11 is 0. The molecule has 1 saturated heterocycles. The third-order valence-electron chi connectivity index (χ3n) is 5.94. The van der Waals surface area contributed by atoms with Crippen molar-refractivity contribution in [2.75, 3.05) is 18.0 Å². The predicted molar refractivity (Wildman–Crippen MR) is 127 cm³/mol. The van der Waals surface area contributed by atoms with Gasteiger partial charge < -0.3 is 15.0 Å². The molecule has 0 saturated carbocycles. The molecule has 4 rings (SSSR count). The lowest BCUT2D eigenvalue weighted by Gasteiger charge is -2.32. The molecule has 168 valence electrons. The van der Waals surface area contributed by atoms with Gasteiger partial charge in [-0.25, -0.2) is 4.98 Å². The average Bonchev–Trinajstić information content (AvgIpc) is 2.89. The van der Waals surface area contributed by atoms with Gasteiger partial charge in [-0.1, -0.05) is 54.6 Å². The summed E-state index contributed by atoms with van der Waals surface area (Å²) in [4.78, 5) is 19.2. The monoisotopic (exact) mass is 440 g/mol. The van der Waals surface area contributed by atoms with Crippen LogP contribution in [0.4, 0.5) is 5.82 Å². The van der Waals surface area contributed by atoms with Crippen molar-refractivity contribution < 1.29 is 9.53 Å². The molecule has 0 aliphatic carbocycles. The minimum Gasteiger partial charge on any atom is -0.372 e. The van der Waals surface area contributed by atoms with Crippen LogP contribution in [0.25, 0.3) is 0 Å². The molecule has 0 unspecified atom stereocenters. The molecule has 1 aromatic heterocycles. The smallest absolute Gasteiger partial charge is 0.223 e. The number of piperidine rings is 1. The highest BCUT2D eigenvalue weighted by Crippen LogP contribution is 2.22. The van der Waals surface area contributed by atoms with Crippen molar-refractivity contribution in [3.8, 4) is 6.07 Å². The van der Waals surface area contributed by atoms with Gasteiger partial charge in [0.05, 0.1) is 18.8 Å². The fraction of sp³-hybridized carbons (Fsp3) is 0.296. The van der Waals surface area contributed by atoms with Crippen molar-refractivity contribution in [1.82, 2.24) is 10.3 Å². The third-order valence-corrected chi connectivity index (χ3v) is 5.94. The maximum atomic E-state index is 12.6. The lowest BCUT2D eigenvalue weighted by Crippen LogP contribution is -2.40. The lowest BCUT2D eigenvalue weighted by atomic mass is 9.95. The summed E-state index contributed by atoms with van der Waals surface area (Å²) in [5.74, 6) is 0.990. The first-order valence-electron chi connectivity index (χ1n) is 11.3. The van der Waals surface area contributed by atoms with Gasteiger partial charge in [-0.3, -0.25) is 4.79 Å². The Bertz CT molecular complexity index is 1070. The number of amides is 1. The summed E-state index contributed by atoms with van der Waals surface area (Å²) in [6.45, 7) is 3.26. The molecule has 2 aromatic carbocycles. The van der Waals surface area contributed by atoms with Gasteiger partial charge in [0.2, 0.25) is 5.91 Å². The van der Waals surface area contributed by atoms with E-state index in [0.29, 0.717) is 25.3 Å². The summed E-state index contributed by atoms with van der Waals surface area (Å²) < 4.78 is 5.78. The van der Waals surface area contributed by atoms with Gasteiger partial charge >= 0.3 is 0 Å². The Hall–Kier alpha value is -3.69. The SMILES string of the molecule is N#Cc1ccc(N2CCC(C(=O)NCc3ccc(COCc4ccccc4)cc3)CC2)nc1. The largest absolute Gasteiger partial charge is 0.372 e. The molecule has 0 bridgehead atoms. The predicted octanol–water partition coefficient (Wildman–Crippen LogP) is 4.20. The quantitative estimate of drug-likeness (QED) is 0.568. The van der Waals surface area contributed by atoms with E-state index < -0.39 is 0 Å². The van der Waals surface area contributed by atoms with E-state index in [4.69, 9.17) is 10.00 Å². The van der Waals surface area contributed by atoms with Gasteiger partial charge in [0, 0.05) is 31.7 Å². The molecule has 0 atom stereocenters. The molecule has 3 aromatic rings. The number of nitrogens with zero attached hydrogens (tertiary/aromatic N) is 3. The number of carbonyl (C=O) groups excluding carboxylic acids is 1. The van der Waals surface area contributed by atoms with Crippen LogP contribution in [0.15, 0.2) is 72.9 Å². The Morgan fingerprint density at radius 3 is 2.27 bits per heavy atom. The minimum atomic E-state index is 0.0188. The number of rotatable bonds is 8. The highest BCUT2D eigenvalue weighted by molar-refractivity contribution is 5.79. The molecule has 33 heavy (non-hydrogen) atoms. The number of benzene rings is 2. The average molecular weight is 441 g/mol. The highest BCUT2D eigenvalue weighted by Gasteiger charge is 2.25. The van der Waals surface area contributed by atoms with Crippen LogP contribution in [0, 0.1) is 17.2 Å². The first kappa shape index (κ1) is 22.5. The molecule has 2 heterocycles. The maximum absolute atomic E-state index is 12.6. The van der Waals surface area contributed by atoms with Crippen LogP contribution in [-0.4, -0.2) is 24.0 Å². The van der Waals surface area contributed by atoms with Crippen LogP contribution < -0.4 is 10.2 Å². The molecule has 0 radical (unpaired) electrons. The van der Waals surface area contributed by atoms with Gasteiger partial charge in [-0.2, -0.15) is 5.26 Å². The summed E-state index contributed by atoms with van der Waals surface area (Å²) in [6.07, 6.45) is 3.19. The maximum Gasteiger partial charge on any atom is 0.223 e. The van der Waals surface area contributed by atoms with Crippen molar-refractivity contribution in [3.05, 3.63) is 95.2 Å².